The van der Waals surface area contributed by atoms with E-state index in [1.807, 2.05) is 25.3 Å². The highest BCUT2D eigenvalue weighted by Crippen LogP contribution is 2.31. The van der Waals surface area contributed by atoms with Gasteiger partial charge >= 0.3 is 0 Å². The zero-order valence-electron chi connectivity index (χ0n) is 12.4. The van der Waals surface area contributed by atoms with Crippen molar-refractivity contribution in [3.05, 3.63) is 47.0 Å². The minimum Gasteiger partial charge on any atom is -0.326 e. The molecular weight excluding hydrogens is 308 g/mol. The largest absolute Gasteiger partial charge is 0.326 e. The van der Waals surface area contributed by atoms with E-state index in [0.717, 1.165) is 0 Å². The Hall–Kier alpha value is -2.01. The van der Waals surface area contributed by atoms with Gasteiger partial charge in [0.05, 0.1) is 5.52 Å². The van der Waals surface area contributed by atoms with Crippen LogP contribution in [0.3, 0.4) is 0 Å². The standard InChI is InChI=1S/C16H14ClF2N3/c1-8(2)22-9(3)21-15-12(18)6-10(7-13(15)22)11-4-5-20-16(17)14(11)19/h4-8H,1-3H3. The number of pyridine rings is 1. The highest BCUT2D eigenvalue weighted by atomic mass is 35.5. The molecule has 0 amide bonds. The molecule has 22 heavy (non-hydrogen) atoms. The average molecular weight is 322 g/mol. The molecule has 0 aliphatic carbocycles. The van der Waals surface area contributed by atoms with E-state index in [4.69, 9.17) is 11.6 Å². The molecule has 3 rings (SSSR count). The van der Waals surface area contributed by atoms with Crippen LogP contribution in [0.1, 0.15) is 25.7 Å². The van der Waals surface area contributed by atoms with Crippen molar-refractivity contribution >= 4 is 22.6 Å². The van der Waals surface area contributed by atoms with Gasteiger partial charge in [0, 0.05) is 17.8 Å². The van der Waals surface area contributed by atoms with Crippen LogP contribution in [0.4, 0.5) is 8.78 Å². The van der Waals surface area contributed by atoms with Gasteiger partial charge in [0.2, 0.25) is 0 Å². The van der Waals surface area contributed by atoms with Gasteiger partial charge in [0.15, 0.2) is 16.8 Å². The van der Waals surface area contributed by atoms with E-state index in [1.165, 1.54) is 18.3 Å². The number of aryl methyl sites for hydroxylation is 1. The zero-order valence-corrected chi connectivity index (χ0v) is 13.1. The Morgan fingerprint density at radius 1 is 1.23 bits per heavy atom. The normalized spacial score (nSPS) is 11.6. The van der Waals surface area contributed by atoms with E-state index in [2.05, 4.69) is 9.97 Å². The van der Waals surface area contributed by atoms with Gasteiger partial charge in [0.25, 0.3) is 0 Å². The number of imidazole rings is 1. The van der Waals surface area contributed by atoms with Gasteiger partial charge in [-0.05, 0) is 44.5 Å². The Kier molecular flexibility index (Phi) is 3.60. The molecule has 0 unspecified atom stereocenters. The summed E-state index contributed by atoms with van der Waals surface area (Å²) in [5.74, 6) is -0.424. The van der Waals surface area contributed by atoms with Crippen molar-refractivity contribution in [3.63, 3.8) is 0 Å². The van der Waals surface area contributed by atoms with Gasteiger partial charge in [-0.2, -0.15) is 0 Å². The SMILES string of the molecule is Cc1nc2c(F)cc(-c3ccnc(Cl)c3F)cc2n1C(C)C. The molecule has 0 radical (unpaired) electrons. The lowest BCUT2D eigenvalue weighted by Gasteiger charge is -2.12. The Labute approximate surface area is 131 Å². The third-order valence-corrected chi connectivity index (χ3v) is 3.86. The second-order valence-corrected chi connectivity index (χ2v) is 5.77. The van der Waals surface area contributed by atoms with Crippen LogP contribution < -0.4 is 0 Å². The molecule has 0 aliphatic heterocycles. The van der Waals surface area contributed by atoms with Crippen LogP contribution in [-0.2, 0) is 0 Å². The molecule has 1 aromatic carbocycles. The van der Waals surface area contributed by atoms with Crippen LogP contribution in [-0.4, -0.2) is 14.5 Å². The number of fused-ring (bicyclic) bond motifs is 1. The van der Waals surface area contributed by atoms with Crippen LogP contribution >= 0.6 is 11.6 Å². The van der Waals surface area contributed by atoms with Crippen molar-refractivity contribution in [1.82, 2.24) is 14.5 Å². The summed E-state index contributed by atoms with van der Waals surface area (Å²) in [6, 6.07) is 4.59. The second-order valence-electron chi connectivity index (χ2n) is 5.41. The molecule has 2 aromatic heterocycles. The molecule has 3 aromatic rings. The van der Waals surface area contributed by atoms with Crippen molar-refractivity contribution in [2.24, 2.45) is 0 Å². The summed E-state index contributed by atoms with van der Waals surface area (Å²) in [5, 5.41) is -0.230. The van der Waals surface area contributed by atoms with Gasteiger partial charge in [-0.3, -0.25) is 0 Å². The lowest BCUT2D eigenvalue weighted by Crippen LogP contribution is -2.02. The number of rotatable bonds is 2. The minimum absolute atomic E-state index is 0.116. The number of hydrogen-bond donors (Lipinski definition) is 0. The summed E-state index contributed by atoms with van der Waals surface area (Å²) in [7, 11) is 0. The van der Waals surface area contributed by atoms with Crippen molar-refractivity contribution in [1.29, 1.82) is 0 Å². The van der Waals surface area contributed by atoms with E-state index in [-0.39, 0.29) is 22.3 Å². The van der Waals surface area contributed by atoms with E-state index in [0.29, 0.717) is 16.9 Å². The number of nitrogens with zero attached hydrogens (tertiary/aromatic N) is 3. The molecular formula is C16H14ClF2N3. The molecule has 3 nitrogen and oxygen atoms in total. The Morgan fingerprint density at radius 3 is 2.64 bits per heavy atom. The van der Waals surface area contributed by atoms with Crippen molar-refractivity contribution in [2.75, 3.05) is 0 Å². The monoisotopic (exact) mass is 321 g/mol. The molecule has 0 fully saturated rings. The molecule has 2 heterocycles. The van der Waals surface area contributed by atoms with Crippen molar-refractivity contribution in [2.45, 2.75) is 26.8 Å². The van der Waals surface area contributed by atoms with E-state index in [9.17, 15) is 8.78 Å². The highest BCUT2D eigenvalue weighted by molar-refractivity contribution is 6.29. The number of benzene rings is 1. The minimum atomic E-state index is -0.657. The predicted octanol–water partition coefficient (Wildman–Crippen LogP) is 4.92. The molecule has 0 saturated heterocycles. The van der Waals surface area contributed by atoms with E-state index in [1.54, 1.807) is 6.07 Å². The third-order valence-electron chi connectivity index (χ3n) is 3.60. The molecule has 114 valence electrons. The van der Waals surface area contributed by atoms with Gasteiger partial charge < -0.3 is 4.57 Å². The first-order valence-corrected chi connectivity index (χ1v) is 7.26. The first-order chi connectivity index (χ1) is 10.4. The van der Waals surface area contributed by atoms with E-state index < -0.39 is 11.6 Å². The molecule has 0 atom stereocenters. The molecule has 6 heteroatoms. The quantitative estimate of drug-likeness (QED) is 0.627. The summed E-state index contributed by atoms with van der Waals surface area (Å²) in [6.45, 7) is 5.80. The Bertz CT molecular complexity index is 871. The first kappa shape index (κ1) is 14.9. The Balaban J connectivity index is 2.33. The van der Waals surface area contributed by atoms with Gasteiger partial charge in [-0.15, -0.1) is 0 Å². The lowest BCUT2D eigenvalue weighted by atomic mass is 10.1. The molecule has 0 N–H and O–H groups in total. The molecule has 0 aliphatic rings. The van der Waals surface area contributed by atoms with E-state index >= 15 is 0 Å². The fourth-order valence-electron chi connectivity index (χ4n) is 2.72. The number of aromatic nitrogens is 3. The number of halogens is 3. The maximum absolute atomic E-state index is 14.4. The van der Waals surface area contributed by atoms with Crippen LogP contribution in [0.2, 0.25) is 5.15 Å². The van der Waals surface area contributed by atoms with Crippen molar-refractivity contribution < 1.29 is 8.78 Å². The smallest absolute Gasteiger partial charge is 0.168 e. The zero-order chi connectivity index (χ0) is 16.0. The Morgan fingerprint density at radius 2 is 1.95 bits per heavy atom. The second kappa shape index (κ2) is 5.32. The number of hydrogen-bond acceptors (Lipinski definition) is 2. The van der Waals surface area contributed by atoms with Gasteiger partial charge in [-0.1, -0.05) is 11.6 Å². The average Bonchev–Trinajstić information content (AvgIpc) is 2.78. The fraction of sp³-hybridized carbons (Fsp3) is 0.250. The van der Waals surface area contributed by atoms with Crippen LogP contribution in [0.15, 0.2) is 24.4 Å². The van der Waals surface area contributed by atoms with Gasteiger partial charge in [-0.25, -0.2) is 18.7 Å². The summed E-state index contributed by atoms with van der Waals surface area (Å²) in [5.41, 5.74) is 1.55. The fourth-order valence-corrected chi connectivity index (χ4v) is 2.88. The highest BCUT2D eigenvalue weighted by Gasteiger charge is 2.17. The van der Waals surface area contributed by atoms with Crippen molar-refractivity contribution in [3.8, 4) is 11.1 Å². The summed E-state index contributed by atoms with van der Waals surface area (Å²) < 4.78 is 30.4. The molecule has 0 bridgehead atoms. The van der Waals surface area contributed by atoms with Gasteiger partial charge in [0.1, 0.15) is 11.3 Å². The lowest BCUT2D eigenvalue weighted by molar-refractivity contribution is 0.600. The summed E-state index contributed by atoms with van der Waals surface area (Å²) in [6.07, 6.45) is 1.40. The first-order valence-electron chi connectivity index (χ1n) is 6.88. The van der Waals surface area contributed by atoms with Crippen LogP contribution in [0.5, 0.6) is 0 Å². The maximum atomic E-state index is 14.4. The van der Waals surface area contributed by atoms with Crippen LogP contribution in [0.25, 0.3) is 22.2 Å². The summed E-state index contributed by atoms with van der Waals surface area (Å²) in [4.78, 5) is 7.94. The molecule has 0 spiro atoms. The topological polar surface area (TPSA) is 30.7 Å². The molecule has 0 saturated carbocycles. The predicted molar refractivity (Wildman–Crippen MR) is 83.0 cm³/mol. The van der Waals surface area contributed by atoms with Crippen LogP contribution in [0, 0.1) is 18.6 Å². The third kappa shape index (κ3) is 2.25. The maximum Gasteiger partial charge on any atom is 0.168 e. The summed E-state index contributed by atoms with van der Waals surface area (Å²) >= 11 is 5.71.